The number of rotatable bonds is 0. The largest absolute Gasteiger partial charge is 2.00 e. The van der Waals surface area contributed by atoms with Gasteiger partial charge in [-0.2, -0.15) is 0 Å². The quantitative estimate of drug-likeness (QED) is 0.508. The average Bonchev–Trinajstić information content (AvgIpc) is 0.811. The van der Waals surface area contributed by atoms with Crippen molar-refractivity contribution in [1.29, 1.82) is 0 Å². The molecule has 0 aromatic heterocycles. The van der Waals surface area contributed by atoms with Gasteiger partial charge in [-0.3, -0.25) is 0 Å². The summed E-state index contributed by atoms with van der Waals surface area (Å²) in [7, 11) is 0. The Morgan fingerprint density at radius 2 is 1.50 bits per heavy atom. The maximum Gasteiger partial charge on any atom is 2.00 e. The van der Waals surface area contributed by atoms with Gasteiger partial charge in [0.1, 0.15) is 5.78 Å². The second-order valence-corrected chi connectivity index (χ2v) is 0.908. The first-order valence-corrected chi connectivity index (χ1v) is 1.20. The Kier molecular flexibility index (Phi) is 25.9. The SMILES string of the molecule is CC(C)=O.[Ca+2].[H-].[H-].[Zr]. The zero-order chi connectivity index (χ0) is 3.58. The van der Waals surface area contributed by atoms with Crippen molar-refractivity contribution < 1.29 is 33.9 Å². The van der Waals surface area contributed by atoms with Crippen LogP contribution in [0.15, 0.2) is 0 Å². The van der Waals surface area contributed by atoms with Crippen LogP contribution in [0, 0.1) is 0 Å². The Hall–Kier alpha value is 1.81. The Bertz CT molecular complexity index is 40.3. The van der Waals surface area contributed by atoms with Crippen LogP contribution in [0.5, 0.6) is 0 Å². The van der Waals surface area contributed by atoms with Gasteiger partial charge in [-0.15, -0.1) is 0 Å². The summed E-state index contributed by atoms with van der Waals surface area (Å²) in [5, 5.41) is 0. The van der Waals surface area contributed by atoms with Crippen molar-refractivity contribution in [3.63, 3.8) is 0 Å². The zero-order valence-corrected chi connectivity index (χ0v) is 8.78. The molecular formula is C3H8CaOZr. The van der Waals surface area contributed by atoms with Gasteiger partial charge in [0.05, 0.1) is 0 Å². The molecule has 6 heavy (non-hydrogen) atoms. The van der Waals surface area contributed by atoms with E-state index in [1.165, 1.54) is 13.8 Å². The smallest absolute Gasteiger partial charge is 1.00 e. The molecule has 0 bridgehead atoms. The zero-order valence-electron chi connectivity index (χ0n) is 6.12. The third kappa shape index (κ3) is 41.0. The van der Waals surface area contributed by atoms with Gasteiger partial charge in [-0.1, -0.05) is 0 Å². The molecule has 0 saturated heterocycles. The van der Waals surface area contributed by atoms with Gasteiger partial charge in [0.25, 0.3) is 0 Å². The van der Waals surface area contributed by atoms with E-state index in [0.717, 1.165) is 0 Å². The molecule has 0 amide bonds. The van der Waals surface area contributed by atoms with Crippen molar-refractivity contribution in [2.24, 2.45) is 0 Å². The monoisotopic (exact) mass is 190 g/mol. The molecule has 0 heterocycles. The van der Waals surface area contributed by atoms with Crippen LogP contribution in [-0.2, 0) is 31.0 Å². The van der Waals surface area contributed by atoms with Crippen molar-refractivity contribution in [2.45, 2.75) is 13.8 Å². The molecule has 0 radical (unpaired) electrons. The summed E-state index contributed by atoms with van der Waals surface area (Å²) in [4.78, 5) is 9.44. The summed E-state index contributed by atoms with van der Waals surface area (Å²) >= 11 is 0. The topological polar surface area (TPSA) is 17.1 Å². The number of carbonyl (C=O) groups excluding carboxylic acids is 1. The maximum absolute atomic E-state index is 9.44. The van der Waals surface area contributed by atoms with E-state index in [-0.39, 0.29) is 72.6 Å². The summed E-state index contributed by atoms with van der Waals surface area (Å²) in [6, 6.07) is 0. The standard InChI is InChI=1S/C3H6O.Ca.Zr.2H/c1-3(2)4;;;;/h1-2H3;;;;/q;+2;;2*-1. The van der Waals surface area contributed by atoms with Crippen molar-refractivity contribution >= 4 is 43.5 Å². The van der Waals surface area contributed by atoms with Crippen molar-refractivity contribution in [3.05, 3.63) is 0 Å². The van der Waals surface area contributed by atoms with E-state index >= 15 is 0 Å². The minimum Gasteiger partial charge on any atom is -1.00 e. The maximum atomic E-state index is 9.44. The van der Waals surface area contributed by atoms with Crippen LogP contribution in [-0.4, -0.2) is 43.5 Å². The van der Waals surface area contributed by atoms with Gasteiger partial charge in [-0.05, 0) is 13.8 Å². The van der Waals surface area contributed by atoms with E-state index < -0.39 is 0 Å². The minimum atomic E-state index is 0. The fraction of sp³-hybridized carbons (Fsp3) is 0.667. The van der Waals surface area contributed by atoms with Crippen molar-refractivity contribution in [2.75, 3.05) is 0 Å². The molecule has 32 valence electrons. The van der Waals surface area contributed by atoms with Crippen LogP contribution in [0.4, 0.5) is 0 Å². The minimum absolute atomic E-state index is 0. The van der Waals surface area contributed by atoms with Crippen molar-refractivity contribution in [3.8, 4) is 0 Å². The second kappa shape index (κ2) is 9.94. The third-order valence-corrected chi connectivity index (χ3v) is 0. The number of carbonyl (C=O) groups is 1. The third-order valence-electron chi connectivity index (χ3n) is 0. The molecule has 0 unspecified atom stereocenters. The molecule has 0 aliphatic heterocycles. The Labute approximate surface area is 90.0 Å². The number of hydrogen-bond donors (Lipinski definition) is 0. The normalized spacial score (nSPS) is 4.33. The Morgan fingerprint density at radius 1 is 1.50 bits per heavy atom. The van der Waals surface area contributed by atoms with Gasteiger partial charge >= 0.3 is 37.7 Å². The van der Waals surface area contributed by atoms with Gasteiger partial charge in [0, 0.05) is 26.2 Å². The molecular weight excluding hydrogens is 183 g/mol. The molecule has 3 heteroatoms. The summed E-state index contributed by atoms with van der Waals surface area (Å²) in [5.41, 5.74) is 0. The van der Waals surface area contributed by atoms with E-state index in [0.29, 0.717) is 0 Å². The molecule has 0 aliphatic carbocycles. The van der Waals surface area contributed by atoms with Crippen LogP contribution in [0.3, 0.4) is 0 Å². The first-order valence-electron chi connectivity index (χ1n) is 1.20. The predicted octanol–water partition coefficient (Wildman–Crippen LogP) is 0.437. The molecule has 0 spiro atoms. The molecule has 0 rings (SSSR count). The molecule has 0 aromatic carbocycles. The van der Waals surface area contributed by atoms with E-state index in [2.05, 4.69) is 0 Å². The molecule has 0 aliphatic rings. The summed E-state index contributed by atoms with van der Waals surface area (Å²) in [6.07, 6.45) is 0. The summed E-state index contributed by atoms with van der Waals surface area (Å²) in [6.45, 7) is 3.06. The fourth-order valence-electron chi connectivity index (χ4n) is 0. The van der Waals surface area contributed by atoms with E-state index in [4.69, 9.17) is 0 Å². The predicted molar refractivity (Wildman–Crippen MR) is 24.3 cm³/mol. The molecule has 1 nitrogen and oxygen atoms in total. The molecule has 0 fully saturated rings. The van der Waals surface area contributed by atoms with Gasteiger partial charge in [0.2, 0.25) is 0 Å². The molecule has 0 N–H and O–H groups in total. The van der Waals surface area contributed by atoms with Crippen LogP contribution in [0.1, 0.15) is 16.7 Å². The summed E-state index contributed by atoms with van der Waals surface area (Å²) < 4.78 is 0. The molecule has 0 atom stereocenters. The molecule has 0 saturated carbocycles. The number of hydrogen-bond acceptors (Lipinski definition) is 1. The first-order chi connectivity index (χ1) is 1.73. The Balaban J connectivity index is -0.00000000750. The van der Waals surface area contributed by atoms with Crippen LogP contribution in [0.25, 0.3) is 0 Å². The van der Waals surface area contributed by atoms with Gasteiger partial charge in [0.15, 0.2) is 0 Å². The van der Waals surface area contributed by atoms with Crippen LogP contribution in [0.2, 0.25) is 0 Å². The summed E-state index contributed by atoms with van der Waals surface area (Å²) in [5.74, 6) is 0.167. The fourth-order valence-corrected chi connectivity index (χ4v) is 0. The van der Waals surface area contributed by atoms with Crippen molar-refractivity contribution in [1.82, 2.24) is 0 Å². The van der Waals surface area contributed by atoms with Crippen LogP contribution >= 0.6 is 0 Å². The van der Waals surface area contributed by atoms with E-state index in [1.54, 1.807) is 0 Å². The number of ketones is 1. The molecule has 0 aromatic rings. The first kappa shape index (κ1) is 15.7. The van der Waals surface area contributed by atoms with Gasteiger partial charge in [-0.25, -0.2) is 0 Å². The van der Waals surface area contributed by atoms with Crippen LogP contribution < -0.4 is 0 Å². The second-order valence-electron chi connectivity index (χ2n) is 0.908. The van der Waals surface area contributed by atoms with E-state index in [1.807, 2.05) is 0 Å². The number of Topliss-reactive ketones (excluding diaryl/α,β-unsaturated/α-hetero) is 1. The Morgan fingerprint density at radius 3 is 1.50 bits per heavy atom. The average molecular weight is 191 g/mol. The van der Waals surface area contributed by atoms with E-state index in [9.17, 15) is 4.79 Å². The van der Waals surface area contributed by atoms with Gasteiger partial charge < -0.3 is 7.65 Å².